The first-order valence-corrected chi connectivity index (χ1v) is 10.5. The van der Waals surface area contributed by atoms with Gasteiger partial charge in [-0.3, -0.25) is 4.79 Å². The van der Waals surface area contributed by atoms with Gasteiger partial charge >= 0.3 is 0 Å². The van der Waals surface area contributed by atoms with Gasteiger partial charge in [0.15, 0.2) is 0 Å². The molecule has 0 saturated heterocycles. The maximum Gasteiger partial charge on any atom is 0.255 e. The summed E-state index contributed by atoms with van der Waals surface area (Å²) in [6, 6.07) is 23.0. The van der Waals surface area contributed by atoms with Crippen molar-refractivity contribution in [2.45, 2.75) is 17.4 Å². The molecular weight excluding hydrogens is 388 g/mol. The fourth-order valence-corrected chi connectivity index (χ4v) is 3.60. The summed E-state index contributed by atoms with van der Waals surface area (Å²) in [7, 11) is -2.53. The Balaban J connectivity index is 1.94. The molecule has 0 aromatic heterocycles. The molecule has 0 unspecified atom stereocenters. The van der Waals surface area contributed by atoms with Crippen molar-refractivity contribution in [3.8, 4) is 5.75 Å². The third-order valence-corrected chi connectivity index (χ3v) is 5.45. The Hall–Kier alpha value is -3.16. The topological polar surface area (TPSA) is 98.5 Å². The van der Waals surface area contributed by atoms with Gasteiger partial charge in [-0.2, -0.15) is 0 Å². The fourth-order valence-electron chi connectivity index (χ4n) is 3.06. The first kappa shape index (κ1) is 20.6. The molecule has 7 heteroatoms. The third-order valence-electron chi connectivity index (χ3n) is 4.53. The highest BCUT2D eigenvalue weighted by Gasteiger charge is 2.21. The van der Waals surface area contributed by atoms with Crippen molar-refractivity contribution in [1.82, 2.24) is 5.32 Å². The van der Waals surface area contributed by atoms with Gasteiger partial charge in [-0.25, -0.2) is 13.6 Å². The molecule has 1 atom stereocenters. The van der Waals surface area contributed by atoms with Gasteiger partial charge in [0.1, 0.15) is 5.75 Å². The van der Waals surface area contributed by atoms with Crippen LogP contribution in [-0.4, -0.2) is 21.4 Å². The molecule has 3 N–H and O–H groups in total. The number of nitrogens with two attached hydrogens (primary N) is 1. The Bertz CT molecular complexity index is 1080. The highest BCUT2D eigenvalue weighted by atomic mass is 32.2. The van der Waals surface area contributed by atoms with Crippen LogP contribution in [0.25, 0.3) is 0 Å². The lowest BCUT2D eigenvalue weighted by atomic mass is 9.98. The van der Waals surface area contributed by atoms with Crippen LogP contribution in [0, 0.1) is 0 Å². The molecule has 1 amide bonds. The second-order valence-corrected chi connectivity index (χ2v) is 8.09. The number of carbonyl (C=O) groups excluding carboxylic acids is 1. The summed E-state index contributed by atoms with van der Waals surface area (Å²) in [5.41, 5.74) is 2.10. The number of primary sulfonamides is 1. The Kier molecular flexibility index (Phi) is 6.31. The van der Waals surface area contributed by atoms with Crippen LogP contribution in [0.1, 0.15) is 27.5 Å². The van der Waals surface area contributed by atoms with Gasteiger partial charge < -0.3 is 10.1 Å². The predicted molar refractivity (Wildman–Crippen MR) is 111 cm³/mol. The van der Waals surface area contributed by atoms with Crippen molar-refractivity contribution in [1.29, 1.82) is 0 Å². The Morgan fingerprint density at radius 3 is 2.21 bits per heavy atom. The molecule has 6 nitrogen and oxygen atoms in total. The third kappa shape index (κ3) is 5.22. The van der Waals surface area contributed by atoms with Crippen LogP contribution >= 0.6 is 0 Å². The predicted octanol–water partition coefficient (Wildman–Crippen LogP) is 3.06. The van der Waals surface area contributed by atoms with Crippen LogP contribution in [-0.2, 0) is 16.4 Å². The van der Waals surface area contributed by atoms with Gasteiger partial charge in [0.2, 0.25) is 10.0 Å². The first-order chi connectivity index (χ1) is 13.9. The van der Waals surface area contributed by atoms with E-state index in [2.05, 4.69) is 5.32 Å². The largest absolute Gasteiger partial charge is 0.496 e. The zero-order chi connectivity index (χ0) is 20.9. The molecule has 0 bridgehead atoms. The maximum absolute atomic E-state index is 13.1. The summed E-state index contributed by atoms with van der Waals surface area (Å²) < 4.78 is 28.6. The molecule has 0 aliphatic heterocycles. The number of amides is 1. The van der Waals surface area contributed by atoms with Gasteiger partial charge in [0.25, 0.3) is 5.91 Å². The molecule has 29 heavy (non-hydrogen) atoms. The normalized spacial score (nSPS) is 12.2. The quantitative estimate of drug-likeness (QED) is 0.625. The second-order valence-electron chi connectivity index (χ2n) is 6.53. The first-order valence-electron chi connectivity index (χ1n) is 8.99. The number of rotatable bonds is 7. The van der Waals surface area contributed by atoms with E-state index >= 15 is 0 Å². The van der Waals surface area contributed by atoms with Crippen molar-refractivity contribution < 1.29 is 17.9 Å². The molecule has 150 valence electrons. The van der Waals surface area contributed by atoms with Crippen molar-refractivity contribution in [2.24, 2.45) is 5.14 Å². The van der Waals surface area contributed by atoms with E-state index in [1.165, 1.54) is 25.3 Å². The summed E-state index contributed by atoms with van der Waals surface area (Å²) in [5.74, 6) is -0.182. The fraction of sp³-hybridized carbons (Fsp3) is 0.136. The van der Waals surface area contributed by atoms with Gasteiger partial charge in [-0.05, 0) is 35.7 Å². The molecule has 0 aliphatic carbocycles. The number of hydrogen-bond acceptors (Lipinski definition) is 4. The van der Waals surface area contributed by atoms with Crippen molar-refractivity contribution in [2.75, 3.05) is 7.11 Å². The van der Waals surface area contributed by atoms with E-state index in [0.29, 0.717) is 6.42 Å². The highest BCUT2D eigenvalue weighted by molar-refractivity contribution is 7.89. The average molecular weight is 410 g/mol. The summed E-state index contributed by atoms with van der Waals surface area (Å²) in [6.45, 7) is 0. The van der Waals surface area contributed by atoms with Crippen LogP contribution in [0.2, 0.25) is 0 Å². The SMILES string of the molecule is COc1ccc(S(N)(=O)=O)cc1C(=O)N[C@@H](Cc1ccccc1)c1ccccc1. The zero-order valence-corrected chi connectivity index (χ0v) is 16.7. The number of benzene rings is 3. The minimum atomic E-state index is -3.95. The molecule has 0 heterocycles. The molecule has 0 aliphatic rings. The lowest BCUT2D eigenvalue weighted by molar-refractivity contribution is 0.0933. The average Bonchev–Trinajstić information content (AvgIpc) is 2.73. The molecule has 0 spiro atoms. The van der Waals surface area contributed by atoms with E-state index in [9.17, 15) is 13.2 Å². The molecule has 3 aromatic carbocycles. The minimum absolute atomic E-state index is 0.105. The van der Waals surface area contributed by atoms with Crippen LogP contribution in [0.5, 0.6) is 5.75 Å². The zero-order valence-electron chi connectivity index (χ0n) is 15.9. The summed E-state index contributed by atoms with van der Waals surface area (Å²) in [5, 5.41) is 8.21. The van der Waals surface area contributed by atoms with Crippen LogP contribution in [0.3, 0.4) is 0 Å². The lowest BCUT2D eigenvalue weighted by Crippen LogP contribution is -2.30. The molecule has 0 saturated carbocycles. The smallest absolute Gasteiger partial charge is 0.255 e. The monoisotopic (exact) mass is 410 g/mol. The van der Waals surface area contributed by atoms with E-state index < -0.39 is 15.9 Å². The van der Waals surface area contributed by atoms with Gasteiger partial charge in [-0.15, -0.1) is 0 Å². The van der Waals surface area contributed by atoms with Crippen molar-refractivity contribution in [3.63, 3.8) is 0 Å². The molecule has 3 rings (SSSR count). The summed E-state index contributed by atoms with van der Waals surface area (Å²) in [6.07, 6.45) is 0.577. The molecule has 0 radical (unpaired) electrons. The maximum atomic E-state index is 13.1. The Labute approximate surface area is 170 Å². The number of carbonyl (C=O) groups is 1. The number of sulfonamides is 1. The lowest BCUT2D eigenvalue weighted by Gasteiger charge is -2.20. The van der Waals surface area contributed by atoms with Crippen LogP contribution < -0.4 is 15.2 Å². The van der Waals surface area contributed by atoms with Crippen LogP contribution in [0.15, 0.2) is 83.8 Å². The van der Waals surface area contributed by atoms with E-state index in [-0.39, 0.29) is 22.3 Å². The second kappa shape index (κ2) is 8.89. The number of ether oxygens (including phenoxy) is 1. The number of hydrogen-bond donors (Lipinski definition) is 2. The standard InChI is InChI=1S/C22H22N2O4S/c1-28-21-13-12-18(29(23,26)27)15-19(21)22(25)24-20(17-10-6-3-7-11-17)14-16-8-4-2-5-9-16/h2-13,15,20H,14H2,1H3,(H,24,25)(H2,23,26,27)/t20-/m0/s1. The van der Waals surface area contributed by atoms with E-state index in [4.69, 9.17) is 9.88 Å². The van der Waals surface area contributed by atoms with Crippen LogP contribution in [0.4, 0.5) is 0 Å². The summed E-state index contributed by atoms with van der Waals surface area (Å²) in [4.78, 5) is 12.9. The van der Waals surface area contributed by atoms with Crippen molar-refractivity contribution in [3.05, 3.63) is 95.6 Å². The number of methoxy groups -OCH3 is 1. The Morgan fingerprint density at radius 1 is 1.00 bits per heavy atom. The Morgan fingerprint density at radius 2 is 1.62 bits per heavy atom. The molecule has 3 aromatic rings. The molecule has 0 fully saturated rings. The van der Waals surface area contributed by atoms with Crippen molar-refractivity contribution >= 4 is 15.9 Å². The van der Waals surface area contributed by atoms with E-state index in [1.807, 2.05) is 60.7 Å². The number of nitrogens with one attached hydrogen (secondary N) is 1. The van der Waals surface area contributed by atoms with Gasteiger partial charge in [-0.1, -0.05) is 60.7 Å². The highest BCUT2D eigenvalue weighted by Crippen LogP contribution is 2.24. The van der Waals surface area contributed by atoms with E-state index in [0.717, 1.165) is 11.1 Å². The van der Waals surface area contributed by atoms with Gasteiger partial charge in [0, 0.05) is 0 Å². The summed E-state index contributed by atoms with van der Waals surface area (Å²) >= 11 is 0. The molecular formula is C22H22N2O4S. The van der Waals surface area contributed by atoms with Gasteiger partial charge in [0.05, 0.1) is 23.6 Å². The minimum Gasteiger partial charge on any atom is -0.496 e. The van der Waals surface area contributed by atoms with E-state index in [1.54, 1.807) is 0 Å².